The second-order valence-electron chi connectivity index (χ2n) is 5.10. The number of ether oxygens (including phenoxy) is 2. The third-order valence-electron chi connectivity index (χ3n) is 3.87. The van der Waals surface area contributed by atoms with Crippen LogP contribution in [0, 0.1) is 5.92 Å². The Kier molecular flexibility index (Phi) is 7.11. The lowest BCUT2D eigenvalue weighted by molar-refractivity contribution is 0.0621. The van der Waals surface area contributed by atoms with E-state index >= 15 is 0 Å². The van der Waals surface area contributed by atoms with Gasteiger partial charge in [-0.2, -0.15) is 0 Å². The van der Waals surface area contributed by atoms with E-state index in [9.17, 15) is 5.11 Å². The summed E-state index contributed by atoms with van der Waals surface area (Å²) in [6.07, 6.45) is 2.42. The van der Waals surface area contributed by atoms with Gasteiger partial charge in [-0.15, -0.1) is 0 Å². The molecule has 0 spiro atoms. The topological polar surface area (TPSA) is 54.0 Å². The van der Waals surface area contributed by atoms with Gasteiger partial charge in [0.2, 0.25) is 0 Å². The molecule has 0 aromatic heterocycles. The van der Waals surface area contributed by atoms with Gasteiger partial charge in [-0.1, -0.05) is 0 Å². The van der Waals surface area contributed by atoms with E-state index in [0.717, 1.165) is 19.6 Å². The number of nitrogens with zero attached hydrogens (tertiary/aromatic N) is 1. The summed E-state index contributed by atoms with van der Waals surface area (Å²) in [5.74, 6) is 0.597. The molecule has 1 rings (SSSR count). The van der Waals surface area contributed by atoms with E-state index in [2.05, 4.69) is 10.2 Å². The molecule has 2 N–H and O–H groups in total. The fourth-order valence-electron chi connectivity index (χ4n) is 2.42. The number of nitrogens with one attached hydrogen (secondary N) is 1. The van der Waals surface area contributed by atoms with Gasteiger partial charge in [0.25, 0.3) is 0 Å². The van der Waals surface area contributed by atoms with Gasteiger partial charge in [0.1, 0.15) is 0 Å². The van der Waals surface area contributed by atoms with Gasteiger partial charge in [0, 0.05) is 33.9 Å². The summed E-state index contributed by atoms with van der Waals surface area (Å²) in [4.78, 5) is 2.30. The second kappa shape index (κ2) is 8.07. The predicted molar refractivity (Wildman–Crippen MR) is 71.8 cm³/mol. The van der Waals surface area contributed by atoms with Crippen LogP contribution in [0.4, 0.5) is 0 Å². The molecule has 0 aliphatic heterocycles. The summed E-state index contributed by atoms with van der Waals surface area (Å²) >= 11 is 0. The van der Waals surface area contributed by atoms with Gasteiger partial charge in [0.05, 0.1) is 25.4 Å². The second-order valence-corrected chi connectivity index (χ2v) is 5.10. The number of methoxy groups -OCH3 is 2. The average Bonchev–Trinajstić information content (AvgIpc) is 3.23. The minimum Gasteiger partial charge on any atom is -0.394 e. The van der Waals surface area contributed by atoms with Gasteiger partial charge >= 0.3 is 0 Å². The molecule has 1 saturated carbocycles. The SMILES string of the molecule is CNC(CO)(CN(CCOC)CCOC)C1CC1. The standard InChI is InChI=1S/C13H28N2O3/c1-14-13(11-16,12-4-5-12)10-15(6-8-17-2)7-9-18-3/h12,14,16H,4-11H2,1-3H3. The van der Waals surface area contributed by atoms with Crippen molar-refractivity contribution in [3.8, 4) is 0 Å². The molecule has 1 fully saturated rings. The maximum atomic E-state index is 9.74. The summed E-state index contributed by atoms with van der Waals surface area (Å²) in [6, 6.07) is 0. The van der Waals surface area contributed by atoms with Gasteiger partial charge < -0.3 is 19.9 Å². The summed E-state index contributed by atoms with van der Waals surface area (Å²) in [6.45, 7) is 4.19. The first-order valence-electron chi connectivity index (χ1n) is 6.72. The molecule has 0 aromatic rings. The molecule has 18 heavy (non-hydrogen) atoms. The van der Waals surface area contributed by atoms with Crippen LogP contribution in [0.2, 0.25) is 0 Å². The van der Waals surface area contributed by atoms with E-state index in [0.29, 0.717) is 19.1 Å². The number of aliphatic hydroxyl groups is 1. The van der Waals surface area contributed by atoms with Crippen LogP contribution < -0.4 is 5.32 Å². The highest BCUT2D eigenvalue weighted by Crippen LogP contribution is 2.39. The third kappa shape index (κ3) is 4.48. The van der Waals surface area contributed by atoms with E-state index in [4.69, 9.17) is 9.47 Å². The van der Waals surface area contributed by atoms with Crippen LogP contribution in [0.3, 0.4) is 0 Å². The summed E-state index contributed by atoms with van der Waals surface area (Å²) in [5.41, 5.74) is -0.165. The van der Waals surface area contributed by atoms with E-state index in [-0.39, 0.29) is 12.1 Å². The van der Waals surface area contributed by atoms with Crippen LogP contribution in [0.1, 0.15) is 12.8 Å². The molecule has 0 bridgehead atoms. The van der Waals surface area contributed by atoms with Crippen LogP contribution in [-0.4, -0.2) is 76.3 Å². The highest BCUT2D eigenvalue weighted by Gasteiger charge is 2.44. The molecule has 0 amide bonds. The Bertz CT molecular complexity index is 210. The van der Waals surface area contributed by atoms with Crippen molar-refractivity contribution in [1.29, 1.82) is 0 Å². The van der Waals surface area contributed by atoms with Crippen molar-refractivity contribution in [3.05, 3.63) is 0 Å². The highest BCUT2D eigenvalue weighted by molar-refractivity contribution is 5.02. The molecule has 0 saturated heterocycles. The van der Waals surface area contributed by atoms with E-state index in [1.54, 1.807) is 14.2 Å². The lowest BCUT2D eigenvalue weighted by Crippen LogP contribution is -2.57. The molecule has 1 aliphatic rings. The van der Waals surface area contributed by atoms with Crippen LogP contribution >= 0.6 is 0 Å². The Morgan fingerprint density at radius 3 is 2.11 bits per heavy atom. The Morgan fingerprint density at radius 1 is 1.22 bits per heavy atom. The van der Waals surface area contributed by atoms with Gasteiger partial charge in [-0.05, 0) is 25.8 Å². The van der Waals surface area contributed by atoms with Crippen LogP contribution in [0.25, 0.3) is 0 Å². The molecular weight excluding hydrogens is 232 g/mol. The average molecular weight is 260 g/mol. The van der Waals surface area contributed by atoms with Crippen molar-refractivity contribution in [3.63, 3.8) is 0 Å². The zero-order chi connectivity index (χ0) is 13.4. The summed E-state index contributed by atoms with van der Waals surface area (Å²) in [5, 5.41) is 13.1. The van der Waals surface area contributed by atoms with Gasteiger partial charge in [0.15, 0.2) is 0 Å². The lowest BCUT2D eigenvalue weighted by Gasteiger charge is -2.37. The van der Waals surface area contributed by atoms with Crippen molar-refractivity contribution >= 4 is 0 Å². The number of likely N-dealkylation sites (N-methyl/N-ethyl adjacent to an activating group) is 1. The first-order valence-corrected chi connectivity index (χ1v) is 6.72. The normalized spacial score (nSPS) is 19.2. The van der Waals surface area contributed by atoms with Gasteiger partial charge in [-0.3, -0.25) is 4.90 Å². The zero-order valence-corrected chi connectivity index (χ0v) is 11.9. The summed E-state index contributed by atoms with van der Waals surface area (Å²) in [7, 11) is 5.37. The number of aliphatic hydroxyl groups excluding tert-OH is 1. The van der Waals surface area contributed by atoms with Gasteiger partial charge in [-0.25, -0.2) is 0 Å². The Labute approximate surface area is 110 Å². The minimum absolute atomic E-state index is 0.165. The Hall–Kier alpha value is -0.200. The monoisotopic (exact) mass is 260 g/mol. The Morgan fingerprint density at radius 2 is 1.78 bits per heavy atom. The summed E-state index contributed by atoms with van der Waals surface area (Å²) < 4.78 is 10.3. The molecule has 1 aliphatic carbocycles. The molecule has 0 heterocycles. The first kappa shape index (κ1) is 15.9. The highest BCUT2D eigenvalue weighted by atomic mass is 16.5. The number of hydrogen-bond acceptors (Lipinski definition) is 5. The van der Waals surface area contributed by atoms with Crippen molar-refractivity contribution in [2.75, 3.05) is 60.7 Å². The molecule has 0 aromatic carbocycles. The van der Waals surface area contributed by atoms with Crippen LogP contribution in [0.5, 0.6) is 0 Å². The predicted octanol–water partition coefficient (Wildman–Crippen LogP) is -0.0583. The van der Waals surface area contributed by atoms with Crippen molar-refractivity contribution in [2.45, 2.75) is 18.4 Å². The minimum atomic E-state index is -0.165. The van der Waals surface area contributed by atoms with Crippen molar-refractivity contribution in [2.24, 2.45) is 5.92 Å². The maximum absolute atomic E-state index is 9.74. The zero-order valence-electron chi connectivity index (χ0n) is 11.9. The van der Waals surface area contributed by atoms with Crippen molar-refractivity contribution < 1.29 is 14.6 Å². The smallest absolute Gasteiger partial charge is 0.0628 e. The molecule has 5 nitrogen and oxygen atoms in total. The largest absolute Gasteiger partial charge is 0.394 e. The first-order chi connectivity index (χ1) is 8.72. The molecule has 0 radical (unpaired) electrons. The van der Waals surface area contributed by atoms with Crippen molar-refractivity contribution in [1.82, 2.24) is 10.2 Å². The quantitative estimate of drug-likeness (QED) is 0.545. The third-order valence-corrected chi connectivity index (χ3v) is 3.87. The van der Waals surface area contributed by atoms with E-state index in [1.165, 1.54) is 12.8 Å². The van der Waals surface area contributed by atoms with Crippen LogP contribution in [-0.2, 0) is 9.47 Å². The number of rotatable bonds is 11. The molecular formula is C13H28N2O3. The fraction of sp³-hybridized carbons (Fsp3) is 1.00. The molecule has 1 atom stereocenters. The molecule has 5 heteroatoms. The fourth-order valence-corrected chi connectivity index (χ4v) is 2.42. The Balaban J connectivity index is 2.53. The number of hydrogen-bond donors (Lipinski definition) is 2. The molecule has 108 valence electrons. The van der Waals surface area contributed by atoms with E-state index < -0.39 is 0 Å². The lowest BCUT2D eigenvalue weighted by atomic mass is 9.93. The maximum Gasteiger partial charge on any atom is 0.0628 e. The molecule has 1 unspecified atom stereocenters. The van der Waals surface area contributed by atoms with Crippen LogP contribution in [0.15, 0.2) is 0 Å². The van der Waals surface area contributed by atoms with E-state index in [1.807, 2.05) is 7.05 Å².